The highest BCUT2D eigenvalue weighted by atomic mass is 127. The fourth-order valence-electron chi connectivity index (χ4n) is 1.25. The van der Waals surface area contributed by atoms with Gasteiger partial charge in [-0.25, -0.2) is 18.7 Å². The molecule has 0 saturated carbocycles. The molecule has 0 aliphatic carbocycles. The fraction of sp³-hybridized carbons (Fsp3) is 0.600. The summed E-state index contributed by atoms with van der Waals surface area (Å²) in [5.41, 5.74) is 6.42. The van der Waals surface area contributed by atoms with Crippen LogP contribution in [-0.2, 0) is 22.5 Å². The number of nitrogens with zero attached hydrogens (tertiary/aromatic N) is 2. The number of nitrogens with two attached hydrogens (primary N) is 1. The molecular formula is C10H14F2IN3O2. The first-order chi connectivity index (χ1) is 8.54. The number of hydrogen-bond acceptors (Lipinski definition) is 5. The van der Waals surface area contributed by atoms with Gasteiger partial charge in [-0.15, -0.1) is 0 Å². The maximum Gasteiger partial charge on any atom is 0.261 e. The van der Waals surface area contributed by atoms with Crippen molar-refractivity contribution < 1.29 is 18.3 Å². The minimum atomic E-state index is -2.46. The van der Waals surface area contributed by atoms with Crippen molar-refractivity contribution in [3.05, 3.63) is 15.1 Å². The minimum Gasteiger partial charge on any atom is -0.383 e. The van der Waals surface area contributed by atoms with Gasteiger partial charge in [0.15, 0.2) is 0 Å². The van der Waals surface area contributed by atoms with Gasteiger partial charge in [-0.1, -0.05) is 0 Å². The number of halogens is 3. The summed E-state index contributed by atoms with van der Waals surface area (Å²) in [5, 5.41) is 0. The van der Waals surface area contributed by atoms with E-state index in [0.29, 0.717) is 30.4 Å². The Morgan fingerprint density at radius 1 is 1.39 bits per heavy atom. The number of ether oxygens (including phenoxy) is 2. The number of alkyl halides is 2. The van der Waals surface area contributed by atoms with Crippen molar-refractivity contribution in [3.8, 4) is 0 Å². The molecule has 0 radical (unpaired) electrons. The van der Waals surface area contributed by atoms with E-state index in [9.17, 15) is 8.78 Å². The van der Waals surface area contributed by atoms with Crippen LogP contribution in [0.2, 0.25) is 0 Å². The number of nitrogen functional groups attached to an aromatic ring is 1. The van der Waals surface area contributed by atoms with Crippen molar-refractivity contribution >= 4 is 28.4 Å². The molecule has 1 heterocycles. The molecule has 0 amide bonds. The number of aromatic nitrogens is 2. The zero-order valence-corrected chi connectivity index (χ0v) is 12.0. The Morgan fingerprint density at radius 2 is 2.11 bits per heavy atom. The lowest BCUT2D eigenvalue weighted by Crippen LogP contribution is -2.12. The molecule has 0 unspecified atom stereocenters. The summed E-state index contributed by atoms with van der Waals surface area (Å²) < 4.78 is 34.2. The van der Waals surface area contributed by atoms with Crippen LogP contribution in [0.3, 0.4) is 0 Å². The second-order valence-corrected chi connectivity index (χ2v) is 4.51. The third-order valence-corrected chi connectivity index (χ3v) is 3.16. The fourth-order valence-corrected chi connectivity index (χ4v) is 1.64. The van der Waals surface area contributed by atoms with Crippen LogP contribution in [0.15, 0.2) is 0 Å². The van der Waals surface area contributed by atoms with E-state index in [-0.39, 0.29) is 6.61 Å². The van der Waals surface area contributed by atoms with Gasteiger partial charge in [0, 0.05) is 13.5 Å². The van der Waals surface area contributed by atoms with E-state index in [0.717, 1.165) is 3.57 Å². The molecule has 0 saturated heterocycles. The summed E-state index contributed by atoms with van der Waals surface area (Å²) in [4.78, 5) is 8.32. The SMILES string of the molecule is COCc1nc(CCOCC(F)F)nc(N)c1I. The largest absolute Gasteiger partial charge is 0.383 e. The van der Waals surface area contributed by atoms with Crippen molar-refractivity contribution in [1.29, 1.82) is 0 Å². The lowest BCUT2D eigenvalue weighted by Gasteiger charge is -2.08. The Morgan fingerprint density at radius 3 is 2.72 bits per heavy atom. The van der Waals surface area contributed by atoms with Crippen LogP contribution in [0.25, 0.3) is 0 Å². The molecule has 0 bridgehead atoms. The summed E-state index contributed by atoms with van der Waals surface area (Å²) in [6.07, 6.45) is -2.12. The second-order valence-electron chi connectivity index (χ2n) is 3.43. The molecule has 0 aromatic carbocycles. The van der Waals surface area contributed by atoms with Gasteiger partial charge < -0.3 is 15.2 Å². The first-order valence-corrected chi connectivity index (χ1v) is 6.28. The van der Waals surface area contributed by atoms with Crippen molar-refractivity contribution in [1.82, 2.24) is 9.97 Å². The normalized spacial score (nSPS) is 11.2. The van der Waals surface area contributed by atoms with Crippen LogP contribution in [0.4, 0.5) is 14.6 Å². The Kier molecular flexibility index (Phi) is 6.65. The van der Waals surface area contributed by atoms with Crippen molar-refractivity contribution in [2.75, 3.05) is 26.1 Å². The van der Waals surface area contributed by atoms with Crippen molar-refractivity contribution in [2.24, 2.45) is 0 Å². The number of methoxy groups -OCH3 is 1. The van der Waals surface area contributed by atoms with Gasteiger partial charge in [-0.3, -0.25) is 0 Å². The standard InChI is InChI=1S/C10H14F2IN3O2/c1-17-4-6-9(13)10(14)16-8(15-6)2-3-18-5-7(11)12/h7H,2-5H2,1H3,(H2,14,15,16). The number of hydrogen-bond donors (Lipinski definition) is 1. The predicted molar refractivity (Wildman–Crippen MR) is 70.4 cm³/mol. The Hall–Kier alpha value is -0.610. The van der Waals surface area contributed by atoms with Crippen LogP contribution in [0.1, 0.15) is 11.5 Å². The molecule has 0 fully saturated rings. The van der Waals surface area contributed by atoms with Gasteiger partial charge in [0.25, 0.3) is 6.43 Å². The average Bonchev–Trinajstić information content (AvgIpc) is 2.31. The Bertz CT molecular complexity index is 394. The van der Waals surface area contributed by atoms with Crippen molar-refractivity contribution in [2.45, 2.75) is 19.5 Å². The molecule has 18 heavy (non-hydrogen) atoms. The maximum atomic E-state index is 11.8. The second kappa shape index (κ2) is 7.74. The number of rotatable bonds is 7. The van der Waals surface area contributed by atoms with E-state index >= 15 is 0 Å². The zero-order valence-electron chi connectivity index (χ0n) is 9.83. The van der Waals surface area contributed by atoms with E-state index < -0.39 is 13.0 Å². The van der Waals surface area contributed by atoms with Gasteiger partial charge in [0.1, 0.15) is 18.2 Å². The van der Waals surface area contributed by atoms with Gasteiger partial charge in [0.05, 0.1) is 22.5 Å². The van der Waals surface area contributed by atoms with Crippen LogP contribution in [-0.4, -0.2) is 36.7 Å². The summed E-state index contributed by atoms with van der Waals surface area (Å²) in [6, 6.07) is 0. The van der Waals surface area contributed by atoms with Crippen LogP contribution in [0, 0.1) is 3.57 Å². The topological polar surface area (TPSA) is 70.3 Å². The van der Waals surface area contributed by atoms with E-state index in [1.807, 2.05) is 22.6 Å². The van der Waals surface area contributed by atoms with E-state index in [2.05, 4.69) is 9.97 Å². The molecule has 1 aromatic heterocycles. The highest BCUT2D eigenvalue weighted by Crippen LogP contribution is 2.17. The molecule has 102 valence electrons. The quantitative estimate of drug-likeness (QED) is 0.581. The predicted octanol–water partition coefficient (Wildman–Crippen LogP) is 1.63. The lowest BCUT2D eigenvalue weighted by molar-refractivity contribution is 0.0182. The Balaban J connectivity index is 2.60. The molecule has 0 aliphatic heterocycles. The summed E-state index contributed by atoms with van der Waals surface area (Å²) in [6.45, 7) is -0.114. The summed E-state index contributed by atoms with van der Waals surface area (Å²) >= 11 is 2.04. The first kappa shape index (κ1) is 15.4. The third kappa shape index (κ3) is 4.94. The van der Waals surface area contributed by atoms with Crippen molar-refractivity contribution in [3.63, 3.8) is 0 Å². The maximum absolute atomic E-state index is 11.8. The molecule has 0 aliphatic rings. The number of anilines is 1. The van der Waals surface area contributed by atoms with Crippen LogP contribution < -0.4 is 5.73 Å². The smallest absolute Gasteiger partial charge is 0.261 e. The van der Waals surface area contributed by atoms with E-state index in [4.69, 9.17) is 15.2 Å². The molecule has 0 spiro atoms. The first-order valence-electron chi connectivity index (χ1n) is 5.20. The minimum absolute atomic E-state index is 0.136. The highest BCUT2D eigenvalue weighted by molar-refractivity contribution is 14.1. The molecule has 1 rings (SSSR count). The lowest BCUT2D eigenvalue weighted by atomic mass is 10.3. The molecule has 0 atom stereocenters. The molecule has 2 N–H and O–H groups in total. The zero-order chi connectivity index (χ0) is 13.5. The van der Waals surface area contributed by atoms with Crippen LogP contribution in [0.5, 0.6) is 0 Å². The van der Waals surface area contributed by atoms with Crippen LogP contribution >= 0.6 is 22.6 Å². The van der Waals surface area contributed by atoms with Gasteiger partial charge in [-0.2, -0.15) is 0 Å². The van der Waals surface area contributed by atoms with E-state index in [1.54, 1.807) is 7.11 Å². The van der Waals surface area contributed by atoms with E-state index in [1.165, 1.54) is 0 Å². The molecule has 5 nitrogen and oxygen atoms in total. The highest BCUT2D eigenvalue weighted by Gasteiger charge is 2.10. The summed E-state index contributed by atoms with van der Waals surface area (Å²) in [5.74, 6) is 0.829. The average molecular weight is 373 g/mol. The third-order valence-electron chi connectivity index (χ3n) is 1.99. The van der Waals surface area contributed by atoms with Gasteiger partial charge in [0.2, 0.25) is 0 Å². The molecule has 8 heteroatoms. The monoisotopic (exact) mass is 373 g/mol. The molecule has 1 aromatic rings. The summed E-state index contributed by atoms with van der Waals surface area (Å²) in [7, 11) is 1.56. The molecular weight excluding hydrogens is 359 g/mol. The Labute approximate surface area is 117 Å². The van der Waals surface area contributed by atoms with Gasteiger partial charge >= 0.3 is 0 Å². The van der Waals surface area contributed by atoms with Gasteiger partial charge in [-0.05, 0) is 22.6 Å².